The van der Waals surface area contributed by atoms with Crippen molar-refractivity contribution in [3.05, 3.63) is 5.28 Å². The minimum absolute atomic E-state index is 0.100. The zero-order valence-electron chi connectivity index (χ0n) is 10.6. The van der Waals surface area contributed by atoms with Gasteiger partial charge in [-0.05, 0) is 30.9 Å². The Balaban J connectivity index is 1.96. The van der Waals surface area contributed by atoms with Crippen LogP contribution in [-0.2, 0) is 9.84 Å². The molecule has 0 radical (unpaired) electrons. The molecule has 2 heterocycles. The highest BCUT2D eigenvalue weighted by molar-refractivity contribution is 7.91. The van der Waals surface area contributed by atoms with E-state index < -0.39 is 9.84 Å². The van der Waals surface area contributed by atoms with Crippen LogP contribution in [0.4, 0.5) is 11.9 Å². The highest BCUT2D eigenvalue weighted by atomic mass is 35.5. The van der Waals surface area contributed by atoms with Gasteiger partial charge >= 0.3 is 0 Å². The van der Waals surface area contributed by atoms with E-state index in [1.165, 1.54) is 0 Å². The summed E-state index contributed by atoms with van der Waals surface area (Å²) >= 11 is 5.79. The van der Waals surface area contributed by atoms with Crippen LogP contribution >= 0.6 is 11.6 Å². The van der Waals surface area contributed by atoms with Gasteiger partial charge in [-0.15, -0.1) is 0 Å². The molecule has 1 aromatic heterocycles. The van der Waals surface area contributed by atoms with E-state index in [9.17, 15) is 8.42 Å². The van der Waals surface area contributed by atoms with Crippen LogP contribution in [0.15, 0.2) is 0 Å². The first kappa shape index (κ1) is 14.3. The number of nitrogens with one attached hydrogen (secondary N) is 2. The van der Waals surface area contributed by atoms with Crippen LogP contribution in [0.1, 0.15) is 13.3 Å². The number of hydrogen-bond acceptors (Lipinski definition) is 7. The van der Waals surface area contributed by atoms with Crippen molar-refractivity contribution in [2.24, 2.45) is 5.92 Å². The first-order chi connectivity index (χ1) is 8.98. The molecule has 1 aromatic rings. The number of nitrogens with zero attached hydrogens (tertiary/aromatic N) is 3. The maximum absolute atomic E-state index is 11.3. The van der Waals surface area contributed by atoms with Crippen molar-refractivity contribution in [1.29, 1.82) is 0 Å². The molecule has 1 saturated heterocycles. The fraction of sp³-hybridized carbons (Fsp3) is 0.700. The van der Waals surface area contributed by atoms with Gasteiger partial charge < -0.3 is 10.6 Å². The van der Waals surface area contributed by atoms with E-state index >= 15 is 0 Å². The van der Waals surface area contributed by atoms with Gasteiger partial charge in [-0.2, -0.15) is 15.0 Å². The Morgan fingerprint density at radius 3 is 2.53 bits per heavy atom. The molecule has 0 amide bonds. The standard InChI is InChI=1S/C10H16ClN5O2S/c1-2-12-9-14-8(11)15-10(16-9)13-5-7-3-4-19(17,18)6-7/h7H,2-6H2,1H3,(H2,12,13,14,15,16). The minimum Gasteiger partial charge on any atom is -0.354 e. The van der Waals surface area contributed by atoms with Gasteiger partial charge in [-0.3, -0.25) is 0 Å². The summed E-state index contributed by atoms with van der Waals surface area (Å²) in [6.45, 7) is 3.12. The zero-order valence-corrected chi connectivity index (χ0v) is 12.1. The van der Waals surface area contributed by atoms with E-state index in [1.807, 2.05) is 6.92 Å². The third-order valence-electron chi connectivity index (χ3n) is 2.82. The largest absolute Gasteiger partial charge is 0.354 e. The molecule has 0 saturated carbocycles. The first-order valence-electron chi connectivity index (χ1n) is 6.08. The molecule has 1 unspecified atom stereocenters. The lowest BCUT2D eigenvalue weighted by Crippen LogP contribution is -2.17. The SMILES string of the molecule is CCNc1nc(Cl)nc(NCC2CCS(=O)(=O)C2)n1. The summed E-state index contributed by atoms with van der Waals surface area (Å²) in [5, 5.41) is 6.06. The number of aromatic nitrogens is 3. The van der Waals surface area contributed by atoms with Crippen LogP contribution in [0.3, 0.4) is 0 Å². The zero-order chi connectivity index (χ0) is 13.9. The van der Waals surface area contributed by atoms with E-state index in [-0.39, 0.29) is 22.7 Å². The third-order valence-corrected chi connectivity index (χ3v) is 4.82. The quantitative estimate of drug-likeness (QED) is 0.830. The summed E-state index contributed by atoms with van der Waals surface area (Å²) in [4.78, 5) is 12.0. The number of hydrogen-bond donors (Lipinski definition) is 2. The maximum atomic E-state index is 11.3. The third kappa shape index (κ3) is 4.17. The van der Waals surface area contributed by atoms with Crippen LogP contribution in [0, 0.1) is 5.92 Å². The summed E-state index contributed by atoms with van der Waals surface area (Å²) in [7, 11) is -2.86. The summed E-state index contributed by atoms with van der Waals surface area (Å²) in [6.07, 6.45) is 0.675. The summed E-state index contributed by atoms with van der Waals surface area (Å²) in [5.74, 6) is 1.35. The predicted octanol–water partition coefficient (Wildman–Crippen LogP) is 0.803. The predicted molar refractivity (Wildman–Crippen MR) is 74.3 cm³/mol. The van der Waals surface area contributed by atoms with Gasteiger partial charge in [0.25, 0.3) is 0 Å². The van der Waals surface area contributed by atoms with Gasteiger partial charge in [-0.1, -0.05) is 0 Å². The molecule has 9 heteroatoms. The molecule has 0 spiro atoms. The molecule has 19 heavy (non-hydrogen) atoms. The molecule has 2 rings (SSSR count). The van der Waals surface area contributed by atoms with Gasteiger partial charge in [0, 0.05) is 13.1 Å². The smallest absolute Gasteiger partial charge is 0.228 e. The van der Waals surface area contributed by atoms with Crippen molar-refractivity contribution < 1.29 is 8.42 Å². The van der Waals surface area contributed by atoms with Gasteiger partial charge in [0.1, 0.15) is 0 Å². The number of sulfone groups is 1. The molecule has 0 aromatic carbocycles. The van der Waals surface area contributed by atoms with Gasteiger partial charge in [0.05, 0.1) is 11.5 Å². The summed E-state index contributed by atoms with van der Waals surface area (Å²) < 4.78 is 22.7. The second kappa shape index (κ2) is 5.87. The fourth-order valence-corrected chi connectivity index (χ4v) is 3.96. The molecule has 7 nitrogen and oxygen atoms in total. The van der Waals surface area contributed by atoms with Crippen molar-refractivity contribution in [3.63, 3.8) is 0 Å². The Morgan fingerprint density at radius 2 is 1.95 bits per heavy atom. The Kier molecular flexibility index (Phi) is 4.41. The van der Waals surface area contributed by atoms with Crippen LogP contribution < -0.4 is 10.6 Å². The van der Waals surface area contributed by atoms with Crippen molar-refractivity contribution in [1.82, 2.24) is 15.0 Å². The van der Waals surface area contributed by atoms with Gasteiger partial charge in [0.2, 0.25) is 17.2 Å². The number of anilines is 2. The molecule has 2 N–H and O–H groups in total. The van der Waals surface area contributed by atoms with Crippen LogP contribution in [0.5, 0.6) is 0 Å². The summed E-state index contributed by atoms with van der Waals surface area (Å²) in [5.41, 5.74) is 0. The van der Waals surface area contributed by atoms with Crippen molar-refractivity contribution >= 4 is 33.3 Å². The van der Waals surface area contributed by atoms with E-state index in [1.54, 1.807) is 0 Å². The molecule has 1 aliphatic heterocycles. The van der Waals surface area contributed by atoms with Gasteiger partial charge in [-0.25, -0.2) is 8.42 Å². The van der Waals surface area contributed by atoms with E-state index in [0.29, 0.717) is 31.4 Å². The average molecular weight is 306 g/mol. The van der Waals surface area contributed by atoms with Crippen LogP contribution in [0.25, 0.3) is 0 Å². The molecule has 1 atom stereocenters. The van der Waals surface area contributed by atoms with Crippen molar-refractivity contribution in [2.75, 3.05) is 35.2 Å². The number of rotatable bonds is 5. The lowest BCUT2D eigenvalue weighted by molar-refractivity contribution is 0.595. The monoisotopic (exact) mass is 305 g/mol. The normalized spacial score (nSPS) is 21.3. The first-order valence-corrected chi connectivity index (χ1v) is 8.28. The topological polar surface area (TPSA) is 96.9 Å². The maximum Gasteiger partial charge on any atom is 0.228 e. The Hall–Kier alpha value is -1.15. The van der Waals surface area contributed by atoms with Gasteiger partial charge in [0.15, 0.2) is 9.84 Å². The highest BCUT2D eigenvalue weighted by Crippen LogP contribution is 2.19. The average Bonchev–Trinajstić information content (AvgIpc) is 2.66. The molecular formula is C10H16ClN5O2S. The Bertz CT molecular complexity index is 551. The van der Waals surface area contributed by atoms with Crippen LogP contribution in [0.2, 0.25) is 5.28 Å². The Labute approximate surface area is 117 Å². The lowest BCUT2D eigenvalue weighted by Gasteiger charge is -2.10. The molecule has 0 aliphatic carbocycles. The van der Waals surface area contributed by atoms with Crippen molar-refractivity contribution in [3.8, 4) is 0 Å². The Morgan fingerprint density at radius 1 is 1.26 bits per heavy atom. The highest BCUT2D eigenvalue weighted by Gasteiger charge is 2.27. The minimum atomic E-state index is -2.86. The second-order valence-electron chi connectivity index (χ2n) is 4.43. The van der Waals surface area contributed by atoms with Crippen molar-refractivity contribution in [2.45, 2.75) is 13.3 Å². The van der Waals surface area contributed by atoms with E-state index in [2.05, 4.69) is 25.6 Å². The molecule has 1 fully saturated rings. The van der Waals surface area contributed by atoms with Crippen LogP contribution in [-0.4, -0.2) is 48.0 Å². The van der Waals surface area contributed by atoms with E-state index in [0.717, 1.165) is 0 Å². The second-order valence-corrected chi connectivity index (χ2v) is 7.00. The fourth-order valence-electron chi connectivity index (χ4n) is 1.93. The molecule has 106 valence electrons. The molecule has 0 bridgehead atoms. The number of halogens is 1. The summed E-state index contributed by atoms with van der Waals surface area (Å²) in [6, 6.07) is 0. The van der Waals surface area contributed by atoms with E-state index in [4.69, 9.17) is 11.6 Å². The molecular weight excluding hydrogens is 290 g/mol. The lowest BCUT2D eigenvalue weighted by atomic mass is 10.1. The molecule has 1 aliphatic rings.